The van der Waals surface area contributed by atoms with E-state index in [2.05, 4.69) is 6.92 Å². The van der Waals surface area contributed by atoms with Crippen LogP contribution in [0.3, 0.4) is 0 Å². The van der Waals surface area contributed by atoms with Gasteiger partial charge in [-0.25, -0.2) is 0 Å². The molecular weight excluding hydrogens is 192 g/mol. The summed E-state index contributed by atoms with van der Waals surface area (Å²) in [6.07, 6.45) is 1.56. The maximum Gasteiger partial charge on any atom is 0.225 e. The SMILES string of the molecule is [CH2]CN(C)C(=O)C1CCN(C(C)=O)CC1. The second-order valence-electron chi connectivity index (χ2n) is 4.04. The number of piperidine rings is 1. The van der Waals surface area contributed by atoms with Crippen molar-refractivity contribution in [3.63, 3.8) is 0 Å². The Balaban J connectivity index is 2.43. The molecule has 1 rings (SSSR count). The summed E-state index contributed by atoms with van der Waals surface area (Å²) in [6.45, 7) is 7.17. The van der Waals surface area contributed by atoms with Crippen LogP contribution in [0.4, 0.5) is 0 Å². The van der Waals surface area contributed by atoms with E-state index >= 15 is 0 Å². The Morgan fingerprint density at radius 2 is 1.93 bits per heavy atom. The van der Waals surface area contributed by atoms with E-state index in [9.17, 15) is 9.59 Å². The number of hydrogen-bond donors (Lipinski definition) is 0. The van der Waals surface area contributed by atoms with Crippen molar-refractivity contribution >= 4 is 11.8 Å². The summed E-state index contributed by atoms with van der Waals surface area (Å²) >= 11 is 0. The normalized spacial score (nSPS) is 17.7. The molecule has 1 aliphatic heterocycles. The van der Waals surface area contributed by atoms with Gasteiger partial charge in [0.05, 0.1) is 0 Å². The lowest BCUT2D eigenvalue weighted by Crippen LogP contribution is -2.42. The molecule has 0 aromatic heterocycles. The standard InChI is InChI=1S/C11H19N2O2/c1-4-12(3)11(15)10-5-7-13(8-6-10)9(2)14/h10H,1,4-8H2,2-3H3. The first kappa shape index (κ1) is 12.0. The molecule has 0 aliphatic carbocycles. The average molecular weight is 211 g/mol. The van der Waals surface area contributed by atoms with Crippen LogP contribution in [-0.2, 0) is 9.59 Å². The van der Waals surface area contributed by atoms with Gasteiger partial charge in [0.25, 0.3) is 0 Å². The molecule has 0 aromatic carbocycles. The summed E-state index contributed by atoms with van der Waals surface area (Å²) in [5, 5.41) is 0. The predicted molar refractivity (Wildman–Crippen MR) is 58.0 cm³/mol. The summed E-state index contributed by atoms with van der Waals surface area (Å²) in [6, 6.07) is 0. The molecule has 0 unspecified atom stereocenters. The second-order valence-corrected chi connectivity index (χ2v) is 4.04. The lowest BCUT2D eigenvalue weighted by Gasteiger charge is -2.32. The lowest BCUT2D eigenvalue weighted by molar-refractivity contribution is -0.138. The Morgan fingerprint density at radius 1 is 1.40 bits per heavy atom. The van der Waals surface area contributed by atoms with Gasteiger partial charge in [-0.05, 0) is 19.8 Å². The van der Waals surface area contributed by atoms with Gasteiger partial charge in [-0.1, -0.05) is 0 Å². The van der Waals surface area contributed by atoms with Gasteiger partial charge in [-0.2, -0.15) is 0 Å². The van der Waals surface area contributed by atoms with Gasteiger partial charge in [-0.3, -0.25) is 9.59 Å². The molecule has 0 bridgehead atoms. The highest BCUT2D eigenvalue weighted by Gasteiger charge is 2.27. The summed E-state index contributed by atoms with van der Waals surface area (Å²) in [5.41, 5.74) is 0. The van der Waals surface area contributed by atoms with Crippen molar-refractivity contribution in [2.45, 2.75) is 19.8 Å². The van der Waals surface area contributed by atoms with Crippen LogP contribution >= 0.6 is 0 Å². The predicted octanol–water partition coefficient (Wildman–Crippen LogP) is 0.537. The van der Waals surface area contributed by atoms with Crippen molar-refractivity contribution in [3.05, 3.63) is 6.92 Å². The Kier molecular flexibility index (Phi) is 4.12. The molecule has 1 saturated heterocycles. The van der Waals surface area contributed by atoms with Crippen LogP contribution < -0.4 is 0 Å². The number of amides is 2. The summed E-state index contributed by atoms with van der Waals surface area (Å²) < 4.78 is 0. The van der Waals surface area contributed by atoms with Crippen molar-refractivity contribution in [3.8, 4) is 0 Å². The molecule has 0 aromatic rings. The summed E-state index contributed by atoms with van der Waals surface area (Å²) in [7, 11) is 1.77. The molecule has 0 saturated carbocycles. The Hall–Kier alpha value is -1.06. The van der Waals surface area contributed by atoms with Crippen LogP contribution in [0.25, 0.3) is 0 Å². The maximum atomic E-state index is 11.8. The van der Waals surface area contributed by atoms with Crippen molar-refractivity contribution in [1.82, 2.24) is 9.80 Å². The molecule has 0 atom stereocenters. The smallest absolute Gasteiger partial charge is 0.225 e. The zero-order chi connectivity index (χ0) is 11.4. The molecule has 0 spiro atoms. The van der Waals surface area contributed by atoms with Crippen LogP contribution in [0, 0.1) is 12.8 Å². The van der Waals surface area contributed by atoms with Crippen LogP contribution in [-0.4, -0.2) is 48.3 Å². The quantitative estimate of drug-likeness (QED) is 0.669. The second kappa shape index (κ2) is 5.14. The third-order valence-corrected chi connectivity index (χ3v) is 3.00. The Labute approximate surface area is 91.2 Å². The molecule has 15 heavy (non-hydrogen) atoms. The topological polar surface area (TPSA) is 40.6 Å². The number of rotatable bonds is 2. The number of hydrogen-bond acceptors (Lipinski definition) is 2. The monoisotopic (exact) mass is 211 g/mol. The molecule has 4 nitrogen and oxygen atoms in total. The minimum Gasteiger partial charge on any atom is -0.346 e. The average Bonchev–Trinajstić information content (AvgIpc) is 2.27. The summed E-state index contributed by atoms with van der Waals surface area (Å²) in [5.74, 6) is 0.340. The first-order chi connectivity index (χ1) is 7.06. The molecule has 1 radical (unpaired) electrons. The first-order valence-corrected chi connectivity index (χ1v) is 5.36. The van der Waals surface area contributed by atoms with Crippen molar-refractivity contribution in [1.29, 1.82) is 0 Å². The van der Waals surface area contributed by atoms with Gasteiger partial charge in [0.1, 0.15) is 0 Å². The van der Waals surface area contributed by atoms with Gasteiger partial charge in [0, 0.05) is 39.5 Å². The first-order valence-electron chi connectivity index (χ1n) is 5.36. The molecule has 1 heterocycles. The largest absolute Gasteiger partial charge is 0.346 e. The van der Waals surface area contributed by atoms with E-state index in [1.54, 1.807) is 23.8 Å². The molecule has 4 heteroatoms. The highest BCUT2D eigenvalue weighted by Crippen LogP contribution is 2.19. The van der Waals surface area contributed by atoms with E-state index in [4.69, 9.17) is 0 Å². The molecule has 1 aliphatic rings. The van der Waals surface area contributed by atoms with E-state index in [1.165, 1.54) is 0 Å². The fraction of sp³-hybridized carbons (Fsp3) is 0.727. The number of nitrogens with zero attached hydrogens (tertiary/aromatic N) is 2. The third-order valence-electron chi connectivity index (χ3n) is 3.00. The number of likely N-dealkylation sites (tertiary alicyclic amines) is 1. The zero-order valence-corrected chi connectivity index (χ0v) is 9.53. The molecule has 2 amide bonds. The fourth-order valence-electron chi connectivity index (χ4n) is 1.86. The van der Waals surface area contributed by atoms with Crippen molar-refractivity contribution in [2.24, 2.45) is 5.92 Å². The van der Waals surface area contributed by atoms with Crippen molar-refractivity contribution in [2.75, 3.05) is 26.7 Å². The van der Waals surface area contributed by atoms with E-state index in [-0.39, 0.29) is 17.7 Å². The zero-order valence-electron chi connectivity index (χ0n) is 9.53. The Bertz CT molecular complexity index is 245. The minimum atomic E-state index is 0.0762. The molecule has 85 valence electrons. The lowest BCUT2D eigenvalue weighted by atomic mass is 9.95. The highest BCUT2D eigenvalue weighted by atomic mass is 16.2. The number of carbonyl (C=O) groups is 2. The van der Waals surface area contributed by atoms with Gasteiger partial charge in [0.2, 0.25) is 11.8 Å². The molecule has 1 fully saturated rings. The van der Waals surface area contributed by atoms with Crippen LogP contribution in [0.15, 0.2) is 0 Å². The van der Waals surface area contributed by atoms with Gasteiger partial charge in [-0.15, -0.1) is 0 Å². The maximum absolute atomic E-state index is 11.8. The van der Waals surface area contributed by atoms with Crippen LogP contribution in [0.5, 0.6) is 0 Å². The van der Waals surface area contributed by atoms with E-state index in [1.807, 2.05) is 0 Å². The summed E-state index contributed by atoms with van der Waals surface area (Å²) in [4.78, 5) is 26.3. The van der Waals surface area contributed by atoms with Gasteiger partial charge in [0.15, 0.2) is 0 Å². The van der Waals surface area contributed by atoms with Gasteiger partial charge < -0.3 is 9.80 Å². The number of carbonyl (C=O) groups excluding carboxylic acids is 2. The van der Waals surface area contributed by atoms with E-state index in [0.29, 0.717) is 19.6 Å². The Morgan fingerprint density at radius 3 is 2.33 bits per heavy atom. The molecule has 0 N–H and O–H groups in total. The molecular formula is C11H19N2O2. The fourth-order valence-corrected chi connectivity index (χ4v) is 1.86. The van der Waals surface area contributed by atoms with E-state index < -0.39 is 0 Å². The highest BCUT2D eigenvalue weighted by molar-refractivity contribution is 5.79. The van der Waals surface area contributed by atoms with E-state index in [0.717, 1.165) is 12.8 Å². The third kappa shape index (κ3) is 2.94. The van der Waals surface area contributed by atoms with Gasteiger partial charge >= 0.3 is 0 Å². The minimum absolute atomic E-state index is 0.0762. The van der Waals surface area contributed by atoms with Crippen LogP contribution in [0.1, 0.15) is 19.8 Å². The van der Waals surface area contributed by atoms with Crippen molar-refractivity contribution < 1.29 is 9.59 Å². The van der Waals surface area contributed by atoms with Crippen LogP contribution in [0.2, 0.25) is 0 Å².